The minimum absolute atomic E-state index is 0.0936. The predicted molar refractivity (Wildman–Crippen MR) is 119 cm³/mol. The van der Waals surface area contributed by atoms with Crippen molar-refractivity contribution in [1.29, 1.82) is 0 Å². The first-order chi connectivity index (χ1) is 14.0. The molecule has 0 saturated carbocycles. The molecule has 0 N–H and O–H groups in total. The van der Waals surface area contributed by atoms with Crippen LogP contribution in [0.15, 0.2) is 70.8 Å². The van der Waals surface area contributed by atoms with Crippen LogP contribution in [0.2, 0.25) is 0 Å². The molecule has 4 aromatic rings. The molecule has 0 unspecified atom stereocenters. The number of furan rings is 1. The highest BCUT2D eigenvalue weighted by Gasteiger charge is 2.39. The minimum Gasteiger partial charge on any atom is -0.423 e. The Labute approximate surface area is 171 Å². The molecule has 1 aromatic carbocycles. The number of hydrogen-bond acceptors (Lipinski definition) is 3. The first kappa shape index (κ1) is 17.7. The van der Waals surface area contributed by atoms with Gasteiger partial charge in [0.05, 0.1) is 0 Å². The van der Waals surface area contributed by atoms with E-state index in [1.807, 2.05) is 6.07 Å². The van der Waals surface area contributed by atoms with Gasteiger partial charge in [0.2, 0.25) is 5.71 Å². The summed E-state index contributed by atoms with van der Waals surface area (Å²) in [6.07, 6.45) is 6.24. The average Bonchev–Trinajstić information content (AvgIpc) is 3.09. The lowest BCUT2D eigenvalue weighted by Crippen LogP contribution is -2.62. The fourth-order valence-corrected chi connectivity index (χ4v) is 4.50. The van der Waals surface area contributed by atoms with Crippen molar-refractivity contribution in [1.82, 2.24) is 4.98 Å². The van der Waals surface area contributed by atoms with Gasteiger partial charge in [-0.15, -0.1) is 0 Å². The van der Waals surface area contributed by atoms with Crippen LogP contribution in [0.25, 0.3) is 28.3 Å². The molecule has 0 fully saturated rings. The number of aromatic nitrogens is 2. The van der Waals surface area contributed by atoms with Crippen LogP contribution in [0.5, 0.6) is 0 Å². The van der Waals surface area contributed by atoms with Gasteiger partial charge in [-0.1, -0.05) is 41.9 Å². The number of benzene rings is 1. The van der Waals surface area contributed by atoms with Gasteiger partial charge in [0, 0.05) is 28.8 Å². The number of pyridine rings is 2. The Kier molecular flexibility index (Phi) is 4.05. The van der Waals surface area contributed by atoms with Gasteiger partial charge in [-0.2, -0.15) is 0 Å². The standard InChI is InChI=1S/C24H23BN3O/c1-16-15-27(3)22(14-20(16)18-9-6-5-7-10-18)25-17(2)13-21-19-11-8-12-26-23(19)29-24(21)28(25)4/h5-15H,1-4H3/q+1. The first-order valence-electron chi connectivity index (χ1n) is 9.88. The van der Waals surface area contributed by atoms with Gasteiger partial charge in [-0.25, -0.2) is 9.55 Å². The molecular formula is C24H23BN3O+. The lowest BCUT2D eigenvalue weighted by molar-refractivity contribution is -0.654. The zero-order chi connectivity index (χ0) is 20.1. The lowest BCUT2D eigenvalue weighted by atomic mass is 9.49. The first-order valence-corrected chi connectivity index (χ1v) is 9.88. The number of fused-ring (bicyclic) bond motifs is 3. The van der Waals surface area contributed by atoms with Crippen LogP contribution in [0.1, 0.15) is 18.1 Å². The van der Waals surface area contributed by atoms with Gasteiger partial charge < -0.3 is 9.23 Å². The summed E-state index contributed by atoms with van der Waals surface area (Å²) >= 11 is 0. The quantitative estimate of drug-likeness (QED) is 0.390. The average molecular weight is 380 g/mol. The van der Waals surface area contributed by atoms with Crippen LogP contribution < -0.4 is 15.0 Å². The molecular weight excluding hydrogens is 357 g/mol. The highest BCUT2D eigenvalue weighted by atomic mass is 16.4. The van der Waals surface area contributed by atoms with Crippen molar-refractivity contribution in [3.05, 3.63) is 77.5 Å². The summed E-state index contributed by atoms with van der Waals surface area (Å²) in [4.78, 5) is 6.63. The van der Waals surface area contributed by atoms with E-state index in [0.717, 1.165) is 16.8 Å². The second kappa shape index (κ2) is 6.62. The summed E-state index contributed by atoms with van der Waals surface area (Å²) in [7, 11) is 4.22. The lowest BCUT2D eigenvalue weighted by Gasteiger charge is -2.28. The van der Waals surface area contributed by atoms with Gasteiger partial charge >= 0.3 is 6.85 Å². The minimum atomic E-state index is 0.0936. The maximum Gasteiger partial charge on any atom is 0.401 e. The third-order valence-corrected chi connectivity index (χ3v) is 5.87. The molecule has 1 aliphatic heterocycles. The van der Waals surface area contributed by atoms with Crippen LogP contribution in [-0.4, -0.2) is 18.9 Å². The Morgan fingerprint density at radius 1 is 1.07 bits per heavy atom. The molecule has 4 nitrogen and oxygen atoms in total. The van der Waals surface area contributed by atoms with Crippen LogP contribution >= 0.6 is 0 Å². The van der Waals surface area contributed by atoms with Gasteiger partial charge in [0.15, 0.2) is 17.7 Å². The second-order valence-corrected chi connectivity index (χ2v) is 7.85. The summed E-state index contributed by atoms with van der Waals surface area (Å²) < 4.78 is 8.37. The van der Waals surface area contributed by atoms with Crippen LogP contribution in [-0.2, 0) is 7.05 Å². The summed E-state index contributed by atoms with van der Waals surface area (Å²) in [6, 6.07) is 16.9. The van der Waals surface area contributed by atoms with Crippen LogP contribution in [0.3, 0.4) is 0 Å². The molecule has 4 heterocycles. The van der Waals surface area contributed by atoms with Crippen LogP contribution in [0.4, 0.5) is 5.88 Å². The molecule has 1 aliphatic rings. The van der Waals surface area contributed by atoms with Gasteiger partial charge in [0.1, 0.15) is 7.05 Å². The Morgan fingerprint density at radius 3 is 2.66 bits per heavy atom. The van der Waals surface area contributed by atoms with E-state index in [2.05, 4.69) is 97.0 Å². The maximum absolute atomic E-state index is 6.14. The SMILES string of the molecule is CC1=Cc2c(oc3ncccc23)N(C)B1c1cc(-c2ccccc2)c(C)c[n+]1C. The third-order valence-electron chi connectivity index (χ3n) is 5.87. The molecule has 0 aliphatic carbocycles. The van der Waals surface area contributed by atoms with E-state index in [9.17, 15) is 0 Å². The van der Waals surface area contributed by atoms with E-state index in [-0.39, 0.29) is 6.85 Å². The Morgan fingerprint density at radius 2 is 1.86 bits per heavy atom. The molecule has 29 heavy (non-hydrogen) atoms. The van der Waals surface area contributed by atoms with Crippen molar-refractivity contribution >= 4 is 35.5 Å². The molecule has 0 radical (unpaired) electrons. The molecule has 0 saturated heterocycles. The van der Waals surface area contributed by atoms with Crippen molar-refractivity contribution in [2.75, 3.05) is 11.9 Å². The summed E-state index contributed by atoms with van der Waals surface area (Å²) in [5.41, 5.74) is 8.07. The van der Waals surface area contributed by atoms with Gasteiger partial charge in [0.25, 0.3) is 0 Å². The number of aryl methyl sites for hydroxylation is 2. The molecule has 0 spiro atoms. The normalized spacial score (nSPS) is 13.6. The molecule has 0 atom stereocenters. The molecule has 5 heteroatoms. The van der Waals surface area contributed by atoms with E-state index in [1.165, 1.54) is 27.8 Å². The van der Waals surface area contributed by atoms with E-state index < -0.39 is 0 Å². The Bertz CT molecular complexity index is 1260. The second-order valence-electron chi connectivity index (χ2n) is 7.85. The number of hydrogen-bond donors (Lipinski definition) is 0. The van der Waals surface area contributed by atoms with Crippen LogP contribution in [0, 0.1) is 6.92 Å². The van der Waals surface area contributed by atoms with E-state index >= 15 is 0 Å². The van der Waals surface area contributed by atoms with Crippen molar-refractivity contribution in [2.24, 2.45) is 7.05 Å². The van der Waals surface area contributed by atoms with Crippen molar-refractivity contribution < 1.29 is 8.98 Å². The summed E-state index contributed by atoms with van der Waals surface area (Å²) in [5.74, 6) is 0.871. The third kappa shape index (κ3) is 2.77. The molecule has 0 bridgehead atoms. The molecule has 142 valence electrons. The van der Waals surface area contributed by atoms with Gasteiger partial charge in [-0.3, -0.25) is 0 Å². The predicted octanol–water partition coefficient (Wildman–Crippen LogP) is 3.92. The monoisotopic (exact) mass is 380 g/mol. The highest BCUT2D eigenvalue weighted by molar-refractivity contribution is 6.82. The van der Waals surface area contributed by atoms with E-state index in [4.69, 9.17) is 4.42 Å². The fourth-order valence-electron chi connectivity index (χ4n) is 4.50. The smallest absolute Gasteiger partial charge is 0.401 e. The van der Waals surface area contributed by atoms with Crippen molar-refractivity contribution in [3.63, 3.8) is 0 Å². The van der Waals surface area contributed by atoms with Crippen molar-refractivity contribution in [2.45, 2.75) is 13.8 Å². The Hall–Kier alpha value is -3.34. The highest BCUT2D eigenvalue weighted by Crippen LogP contribution is 2.37. The van der Waals surface area contributed by atoms with E-state index in [1.54, 1.807) is 6.20 Å². The number of anilines is 1. The zero-order valence-corrected chi connectivity index (χ0v) is 17.2. The summed E-state index contributed by atoms with van der Waals surface area (Å²) in [5, 5.41) is 1.06. The van der Waals surface area contributed by atoms with E-state index in [0.29, 0.717) is 5.71 Å². The molecule has 0 amide bonds. The largest absolute Gasteiger partial charge is 0.423 e. The maximum atomic E-state index is 6.14. The number of rotatable bonds is 2. The van der Waals surface area contributed by atoms with Gasteiger partial charge in [-0.05, 0) is 44.2 Å². The summed E-state index contributed by atoms with van der Waals surface area (Å²) in [6.45, 7) is 4.46. The number of allylic oxidation sites excluding steroid dienone is 1. The van der Waals surface area contributed by atoms with Crippen molar-refractivity contribution in [3.8, 4) is 11.1 Å². The molecule has 5 rings (SSSR count). The zero-order valence-electron chi connectivity index (χ0n) is 17.2. The topological polar surface area (TPSA) is 33.2 Å². The molecule has 3 aromatic heterocycles. The Balaban J connectivity index is 1.67. The number of nitrogens with zero attached hydrogens (tertiary/aromatic N) is 3. The fraction of sp³-hybridized carbons (Fsp3) is 0.167.